The van der Waals surface area contributed by atoms with E-state index in [0.29, 0.717) is 12.5 Å². The highest BCUT2D eigenvalue weighted by atomic mass is 16.3. The first-order valence-corrected chi connectivity index (χ1v) is 4.66. The lowest BCUT2D eigenvalue weighted by Crippen LogP contribution is -2.18. The Labute approximate surface area is 69.0 Å². The minimum atomic E-state index is 0.352. The summed E-state index contributed by atoms with van der Waals surface area (Å²) in [5.41, 5.74) is 0. The molecule has 0 amide bonds. The molecule has 2 heteroatoms. The summed E-state index contributed by atoms with van der Waals surface area (Å²) in [7, 11) is 0. The average Bonchev–Trinajstić information content (AvgIpc) is 2.30. The van der Waals surface area contributed by atoms with Crippen LogP contribution >= 0.6 is 0 Å². The zero-order chi connectivity index (χ0) is 8.10. The summed E-state index contributed by atoms with van der Waals surface area (Å²) in [4.78, 5) is 0. The molecule has 2 N–H and O–H groups in total. The van der Waals surface area contributed by atoms with Crippen molar-refractivity contribution in [3.63, 3.8) is 0 Å². The van der Waals surface area contributed by atoms with Crippen molar-refractivity contribution in [2.75, 3.05) is 19.7 Å². The summed E-state index contributed by atoms with van der Waals surface area (Å²) >= 11 is 0. The maximum atomic E-state index is 8.96. The van der Waals surface area contributed by atoms with Crippen molar-refractivity contribution in [3.8, 4) is 0 Å². The van der Waals surface area contributed by atoms with Gasteiger partial charge >= 0.3 is 0 Å². The van der Waals surface area contributed by atoms with Crippen molar-refractivity contribution >= 4 is 0 Å². The van der Waals surface area contributed by atoms with Gasteiger partial charge in [0.2, 0.25) is 0 Å². The molecule has 0 radical (unpaired) electrons. The average molecular weight is 157 g/mol. The molecule has 1 aliphatic rings. The molecule has 1 fully saturated rings. The minimum absolute atomic E-state index is 0.352. The van der Waals surface area contributed by atoms with Crippen LogP contribution in [0.3, 0.4) is 0 Å². The lowest BCUT2D eigenvalue weighted by atomic mass is 9.88. The van der Waals surface area contributed by atoms with E-state index in [1.54, 1.807) is 0 Å². The van der Waals surface area contributed by atoms with E-state index < -0.39 is 0 Å². The second-order valence-corrected chi connectivity index (χ2v) is 3.60. The summed E-state index contributed by atoms with van der Waals surface area (Å²) in [6, 6.07) is 0. The molecule has 0 aromatic rings. The smallest absolute Gasteiger partial charge is 0.0459 e. The van der Waals surface area contributed by atoms with Gasteiger partial charge in [0, 0.05) is 6.61 Å². The van der Waals surface area contributed by atoms with Crippen LogP contribution in [0.5, 0.6) is 0 Å². The van der Waals surface area contributed by atoms with Gasteiger partial charge in [-0.15, -0.1) is 0 Å². The largest absolute Gasteiger partial charge is 0.396 e. The van der Waals surface area contributed by atoms with Crippen LogP contribution < -0.4 is 5.32 Å². The van der Waals surface area contributed by atoms with E-state index in [4.69, 9.17) is 5.11 Å². The third-order valence-electron chi connectivity index (χ3n) is 2.71. The van der Waals surface area contributed by atoms with Crippen molar-refractivity contribution in [2.45, 2.75) is 26.2 Å². The van der Waals surface area contributed by atoms with Crippen molar-refractivity contribution in [1.82, 2.24) is 5.32 Å². The second-order valence-electron chi connectivity index (χ2n) is 3.60. The summed E-state index contributed by atoms with van der Waals surface area (Å²) in [5, 5.41) is 12.3. The van der Waals surface area contributed by atoms with E-state index in [1.807, 2.05) is 0 Å². The van der Waals surface area contributed by atoms with Crippen molar-refractivity contribution in [3.05, 3.63) is 0 Å². The van der Waals surface area contributed by atoms with Crippen LogP contribution in [0.15, 0.2) is 0 Å². The monoisotopic (exact) mass is 157 g/mol. The fraction of sp³-hybridized carbons (Fsp3) is 1.00. The maximum absolute atomic E-state index is 8.96. The molecule has 0 aromatic heterocycles. The van der Waals surface area contributed by atoms with Crippen LogP contribution in [-0.4, -0.2) is 24.8 Å². The van der Waals surface area contributed by atoms with Gasteiger partial charge in [0.1, 0.15) is 0 Å². The van der Waals surface area contributed by atoms with Gasteiger partial charge in [-0.1, -0.05) is 6.92 Å². The van der Waals surface area contributed by atoms with E-state index in [0.717, 1.165) is 19.0 Å². The van der Waals surface area contributed by atoms with E-state index in [-0.39, 0.29) is 0 Å². The Bertz CT molecular complexity index is 97.7. The zero-order valence-electron chi connectivity index (χ0n) is 7.34. The fourth-order valence-electron chi connectivity index (χ4n) is 1.76. The predicted molar refractivity (Wildman–Crippen MR) is 46.5 cm³/mol. The number of hydrogen-bond donors (Lipinski definition) is 2. The van der Waals surface area contributed by atoms with Crippen molar-refractivity contribution in [1.29, 1.82) is 0 Å². The van der Waals surface area contributed by atoms with Crippen molar-refractivity contribution in [2.24, 2.45) is 11.8 Å². The van der Waals surface area contributed by atoms with Gasteiger partial charge < -0.3 is 10.4 Å². The highest BCUT2D eigenvalue weighted by Crippen LogP contribution is 2.21. The first-order chi connectivity index (χ1) is 5.34. The van der Waals surface area contributed by atoms with Gasteiger partial charge in [-0.05, 0) is 44.2 Å². The minimum Gasteiger partial charge on any atom is -0.396 e. The molecule has 0 spiro atoms. The van der Waals surface area contributed by atoms with Crippen LogP contribution in [0.25, 0.3) is 0 Å². The van der Waals surface area contributed by atoms with E-state index >= 15 is 0 Å². The SMILES string of the molecule is CC(CO)C1CCCNCC1. The lowest BCUT2D eigenvalue weighted by Gasteiger charge is -2.19. The summed E-state index contributed by atoms with van der Waals surface area (Å²) < 4.78 is 0. The van der Waals surface area contributed by atoms with E-state index in [2.05, 4.69) is 12.2 Å². The number of aliphatic hydroxyl groups excluding tert-OH is 1. The Morgan fingerprint density at radius 1 is 1.45 bits per heavy atom. The fourth-order valence-corrected chi connectivity index (χ4v) is 1.76. The third-order valence-corrected chi connectivity index (χ3v) is 2.71. The molecule has 2 unspecified atom stereocenters. The van der Waals surface area contributed by atoms with Gasteiger partial charge in [-0.25, -0.2) is 0 Å². The Morgan fingerprint density at radius 2 is 2.27 bits per heavy atom. The first kappa shape index (κ1) is 9.01. The second kappa shape index (κ2) is 4.73. The molecule has 0 bridgehead atoms. The summed E-state index contributed by atoms with van der Waals surface area (Å²) in [6.07, 6.45) is 3.80. The van der Waals surface area contributed by atoms with Gasteiger partial charge in [0.25, 0.3) is 0 Å². The molecular weight excluding hydrogens is 138 g/mol. The Hall–Kier alpha value is -0.0800. The molecule has 1 aliphatic heterocycles. The normalized spacial score (nSPS) is 29.5. The summed E-state index contributed by atoms with van der Waals surface area (Å²) in [5.74, 6) is 1.24. The van der Waals surface area contributed by atoms with Crippen LogP contribution in [0.4, 0.5) is 0 Å². The maximum Gasteiger partial charge on any atom is 0.0459 e. The lowest BCUT2D eigenvalue weighted by molar-refractivity contribution is 0.179. The standard InChI is InChI=1S/C9H19NO/c1-8(7-11)9-3-2-5-10-6-4-9/h8-11H,2-7H2,1H3. The number of aliphatic hydroxyl groups is 1. The number of nitrogens with one attached hydrogen (secondary N) is 1. The molecule has 11 heavy (non-hydrogen) atoms. The molecule has 0 aromatic carbocycles. The van der Waals surface area contributed by atoms with Crippen LogP contribution in [0.1, 0.15) is 26.2 Å². The third kappa shape index (κ3) is 2.80. The molecule has 1 heterocycles. The Morgan fingerprint density at radius 3 is 3.00 bits per heavy atom. The van der Waals surface area contributed by atoms with E-state index in [1.165, 1.54) is 19.3 Å². The molecule has 2 atom stereocenters. The highest BCUT2D eigenvalue weighted by molar-refractivity contribution is 4.70. The molecule has 1 saturated heterocycles. The Balaban J connectivity index is 2.30. The Kier molecular flexibility index (Phi) is 3.87. The zero-order valence-corrected chi connectivity index (χ0v) is 7.34. The van der Waals surface area contributed by atoms with E-state index in [9.17, 15) is 0 Å². The topological polar surface area (TPSA) is 32.3 Å². The number of rotatable bonds is 2. The highest BCUT2D eigenvalue weighted by Gasteiger charge is 2.17. The predicted octanol–water partition coefficient (Wildman–Crippen LogP) is 1.00. The van der Waals surface area contributed by atoms with Gasteiger partial charge in [0.15, 0.2) is 0 Å². The number of hydrogen-bond acceptors (Lipinski definition) is 2. The van der Waals surface area contributed by atoms with Crippen molar-refractivity contribution < 1.29 is 5.11 Å². The van der Waals surface area contributed by atoms with Crippen LogP contribution in [-0.2, 0) is 0 Å². The molecule has 1 rings (SSSR count). The quantitative estimate of drug-likeness (QED) is 0.627. The molecule has 0 saturated carbocycles. The van der Waals surface area contributed by atoms with Gasteiger partial charge in [0.05, 0.1) is 0 Å². The van der Waals surface area contributed by atoms with Gasteiger partial charge in [-0.3, -0.25) is 0 Å². The summed E-state index contributed by atoms with van der Waals surface area (Å²) in [6.45, 7) is 4.80. The van der Waals surface area contributed by atoms with Crippen LogP contribution in [0, 0.1) is 11.8 Å². The van der Waals surface area contributed by atoms with Gasteiger partial charge in [-0.2, -0.15) is 0 Å². The molecule has 2 nitrogen and oxygen atoms in total. The molecule has 0 aliphatic carbocycles. The van der Waals surface area contributed by atoms with Crippen LogP contribution in [0.2, 0.25) is 0 Å². The first-order valence-electron chi connectivity index (χ1n) is 4.66. The molecular formula is C9H19NO. The molecule has 66 valence electrons.